The quantitative estimate of drug-likeness (QED) is 0.535. The van der Waals surface area contributed by atoms with E-state index in [9.17, 15) is 26.8 Å². The summed E-state index contributed by atoms with van der Waals surface area (Å²) in [6.07, 6.45) is 1.59. The summed E-state index contributed by atoms with van der Waals surface area (Å²) < 4.78 is 52.1. The minimum Gasteiger partial charge on any atom is -0.357 e. The maximum Gasteiger partial charge on any atom is 0.242 e. The van der Waals surface area contributed by atoms with Crippen molar-refractivity contribution in [3.05, 3.63) is 65.7 Å². The number of rotatable bonds is 11. The topological polar surface area (TPSA) is 86.8 Å². The van der Waals surface area contributed by atoms with E-state index in [1.54, 1.807) is 19.1 Å². The van der Waals surface area contributed by atoms with Crippen molar-refractivity contribution in [3.63, 3.8) is 0 Å². The van der Waals surface area contributed by atoms with Crippen LogP contribution in [0.4, 0.5) is 14.5 Å². The third kappa shape index (κ3) is 7.52. The van der Waals surface area contributed by atoms with Gasteiger partial charge in [-0.1, -0.05) is 19.1 Å². The molecule has 1 N–H and O–H groups in total. The van der Waals surface area contributed by atoms with Gasteiger partial charge in [-0.05, 0) is 54.8 Å². The van der Waals surface area contributed by atoms with Crippen LogP contribution in [0.1, 0.15) is 31.7 Å². The van der Waals surface area contributed by atoms with Gasteiger partial charge in [-0.2, -0.15) is 0 Å². The molecule has 0 fully saturated rings. The largest absolute Gasteiger partial charge is 0.357 e. The number of hydrogen-bond acceptors (Lipinski definition) is 4. The van der Waals surface area contributed by atoms with Crippen molar-refractivity contribution >= 4 is 27.5 Å². The minimum absolute atomic E-state index is 0.0113. The number of nitrogens with one attached hydrogen (secondary N) is 1. The van der Waals surface area contributed by atoms with Gasteiger partial charge in [0.25, 0.3) is 0 Å². The molecule has 0 spiro atoms. The summed E-state index contributed by atoms with van der Waals surface area (Å²) >= 11 is 0. The fourth-order valence-corrected chi connectivity index (χ4v) is 4.45. The summed E-state index contributed by atoms with van der Waals surface area (Å²) in [5, 5.41) is 2.56. The Morgan fingerprint density at radius 3 is 2.03 bits per heavy atom. The average Bonchev–Trinajstić information content (AvgIpc) is 2.77. The van der Waals surface area contributed by atoms with E-state index in [0.29, 0.717) is 17.7 Å². The molecule has 0 saturated carbocycles. The number of sulfonamides is 1. The zero-order valence-corrected chi connectivity index (χ0v) is 19.7. The van der Waals surface area contributed by atoms with Gasteiger partial charge < -0.3 is 10.2 Å². The molecule has 2 aromatic carbocycles. The van der Waals surface area contributed by atoms with Crippen LogP contribution in [0.2, 0.25) is 0 Å². The van der Waals surface area contributed by atoms with E-state index in [-0.39, 0.29) is 37.7 Å². The molecule has 0 aliphatic heterocycles. The molecular weight excluding hydrogens is 452 g/mol. The van der Waals surface area contributed by atoms with E-state index in [1.165, 1.54) is 36.2 Å². The van der Waals surface area contributed by atoms with E-state index < -0.39 is 27.7 Å². The molecule has 0 bridgehead atoms. The van der Waals surface area contributed by atoms with Gasteiger partial charge in [-0.25, -0.2) is 17.2 Å². The summed E-state index contributed by atoms with van der Waals surface area (Å²) in [6, 6.07) is 9.98. The van der Waals surface area contributed by atoms with E-state index in [0.717, 1.165) is 22.7 Å². The number of hydrogen-bond donors (Lipinski definition) is 1. The standard InChI is InChI=1S/C23H29F2N3O4S/c1-4-21(23(30)26-2)27(16-17-7-9-18(24)10-8-17)22(29)6-5-15-28(33(3,31)32)20-13-11-19(25)12-14-20/h7-14,21H,4-6,15-16H2,1-3H3,(H,26,30)/t21-/m0/s1. The third-order valence-corrected chi connectivity index (χ3v) is 6.36. The van der Waals surface area contributed by atoms with Gasteiger partial charge in [0.15, 0.2) is 0 Å². The van der Waals surface area contributed by atoms with E-state index in [2.05, 4.69) is 5.32 Å². The van der Waals surface area contributed by atoms with Gasteiger partial charge in [-0.3, -0.25) is 13.9 Å². The van der Waals surface area contributed by atoms with Crippen LogP contribution in [0, 0.1) is 11.6 Å². The Morgan fingerprint density at radius 2 is 1.55 bits per heavy atom. The van der Waals surface area contributed by atoms with Crippen molar-refractivity contribution in [1.82, 2.24) is 10.2 Å². The average molecular weight is 482 g/mol. The molecule has 0 aliphatic rings. The van der Waals surface area contributed by atoms with Crippen LogP contribution >= 0.6 is 0 Å². The summed E-state index contributed by atoms with van der Waals surface area (Å²) in [4.78, 5) is 26.9. The van der Waals surface area contributed by atoms with Crippen molar-refractivity contribution < 1.29 is 26.8 Å². The van der Waals surface area contributed by atoms with Crippen molar-refractivity contribution in [2.24, 2.45) is 0 Å². The number of nitrogens with zero attached hydrogens (tertiary/aromatic N) is 2. The zero-order chi connectivity index (χ0) is 24.6. The van der Waals surface area contributed by atoms with Gasteiger partial charge in [0.05, 0.1) is 11.9 Å². The highest BCUT2D eigenvalue weighted by molar-refractivity contribution is 7.92. The second-order valence-electron chi connectivity index (χ2n) is 7.60. The van der Waals surface area contributed by atoms with Gasteiger partial charge in [0.2, 0.25) is 21.8 Å². The molecule has 0 saturated heterocycles. The summed E-state index contributed by atoms with van der Waals surface area (Å²) in [6.45, 7) is 1.90. The molecule has 0 radical (unpaired) electrons. The molecule has 2 amide bonds. The minimum atomic E-state index is -3.65. The number of halogens is 2. The molecule has 0 aromatic heterocycles. The van der Waals surface area contributed by atoms with Gasteiger partial charge >= 0.3 is 0 Å². The SMILES string of the molecule is CC[C@@H](C(=O)NC)N(Cc1ccc(F)cc1)C(=O)CCCN(c1ccc(F)cc1)S(C)(=O)=O. The Labute approximate surface area is 193 Å². The van der Waals surface area contributed by atoms with Crippen LogP contribution in [0.5, 0.6) is 0 Å². The second-order valence-corrected chi connectivity index (χ2v) is 9.51. The maximum atomic E-state index is 13.3. The van der Waals surface area contributed by atoms with E-state index in [1.807, 2.05) is 0 Å². The predicted octanol–water partition coefficient (Wildman–Crippen LogP) is 3.06. The van der Waals surface area contributed by atoms with Crippen LogP contribution in [0.3, 0.4) is 0 Å². The first-order chi connectivity index (χ1) is 15.6. The van der Waals surface area contributed by atoms with Gasteiger partial charge in [-0.15, -0.1) is 0 Å². The van der Waals surface area contributed by atoms with E-state index in [4.69, 9.17) is 0 Å². The highest BCUT2D eigenvalue weighted by Crippen LogP contribution is 2.20. The van der Waals surface area contributed by atoms with Crippen molar-refractivity contribution in [3.8, 4) is 0 Å². The number of carbonyl (C=O) groups excluding carboxylic acids is 2. The molecule has 1 atom stereocenters. The van der Waals surface area contributed by atoms with Crippen LogP contribution in [-0.4, -0.2) is 51.0 Å². The maximum absolute atomic E-state index is 13.3. The van der Waals surface area contributed by atoms with Crippen molar-refractivity contribution in [1.29, 1.82) is 0 Å². The molecule has 0 aliphatic carbocycles. The lowest BCUT2D eigenvalue weighted by Gasteiger charge is -2.30. The summed E-state index contributed by atoms with van der Waals surface area (Å²) in [5.74, 6) is -1.55. The summed E-state index contributed by atoms with van der Waals surface area (Å²) in [7, 11) is -2.17. The number of likely N-dealkylation sites (N-methyl/N-ethyl adjacent to an activating group) is 1. The monoisotopic (exact) mass is 481 g/mol. The van der Waals surface area contributed by atoms with Gasteiger partial charge in [0.1, 0.15) is 17.7 Å². The number of carbonyl (C=O) groups is 2. The zero-order valence-electron chi connectivity index (χ0n) is 18.9. The molecular formula is C23H29F2N3O4S. The Kier molecular flexibility index (Phi) is 9.33. The first-order valence-electron chi connectivity index (χ1n) is 10.6. The normalized spacial score (nSPS) is 12.2. The number of anilines is 1. The predicted molar refractivity (Wildman–Crippen MR) is 123 cm³/mol. The van der Waals surface area contributed by atoms with Crippen LogP contribution in [0.15, 0.2) is 48.5 Å². The molecule has 180 valence electrons. The Balaban J connectivity index is 2.17. The van der Waals surface area contributed by atoms with E-state index >= 15 is 0 Å². The Bertz CT molecular complexity index is 1040. The van der Waals surface area contributed by atoms with Crippen LogP contribution < -0.4 is 9.62 Å². The van der Waals surface area contributed by atoms with Crippen molar-refractivity contribution in [2.45, 2.75) is 38.8 Å². The van der Waals surface area contributed by atoms with Gasteiger partial charge in [0, 0.05) is 26.6 Å². The molecule has 33 heavy (non-hydrogen) atoms. The number of amides is 2. The fraction of sp³-hybridized carbons (Fsp3) is 0.391. The number of benzene rings is 2. The first kappa shape index (κ1) is 26.2. The highest BCUT2D eigenvalue weighted by Gasteiger charge is 2.28. The molecule has 7 nitrogen and oxygen atoms in total. The third-order valence-electron chi connectivity index (χ3n) is 5.17. The molecule has 0 heterocycles. The molecule has 10 heteroatoms. The fourth-order valence-electron chi connectivity index (χ4n) is 3.48. The molecule has 2 rings (SSSR count). The first-order valence-corrected chi connectivity index (χ1v) is 12.4. The lowest BCUT2D eigenvalue weighted by molar-refractivity contribution is -0.141. The smallest absolute Gasteiger partial charge is 0.242 e. The lowest BCUT2D eigenvalue weighted by atomic mass is 10.1. The molecule has 0 unspecified atom stereocenters. The van der Waals surface area contributed by atoms with Crippen LogP contribution in [-0.2, 0) is 26.2 Å². The van der Waals surface area contributed by atoms with Crippen LogP contribution in [0.25, 0.3) is 0 Å². The second kappa shape index (κ2) is 11.7. The highest BCUT2D eigenvalue weighted by atomic mass is 32.2. The summed E-state index contributed by atoms with van der Waals surface area (Å²) in [5.41, 5.74) is 0.961. The Hall–Kier alpha value is -3.01. The Morgan fingerprint density at radius 1 is 1.00 bits per heavy atom. The van der Waals surface area contributed by atoms with Crippen molar-refractivity contribution in [2.75, 3.05) is 24.2 Å². The molecule has 2 aromatic rings. The lowest BCUT2D eigenvalue weighted by Crippen LogP contribution is -2.48.